The Bertz CT molecular complexity index is 604. The molecule has 1 atom stereocenters. The minimum atomic E-state index is -0.149. The van der Waals surface area contributed by atoms with E-state index in [-0.39, 0.29) is 11.8 Å². The highest BCUT2D eigenvalue weighted by molar-refractivity contribution is 6.12. The number of hydrogen-bond donors (Lipinski definition) is 0. The van der Waals surface area contributed by atoms with Crippen LogP contribution in [0.15, 0.2) is 35.5 Å². The number of allylic oxidation sites excluding steroid dienone is 1. The second-order valence-corrected chi connectivity index (χ2v) is 5.18. The molecule has 0 aliphatic carbocycles. The Kier molecular flexibility index (Phi) is 3.30. The van der Waals surface area contributed by atoms with Crippen molar-refractivity contribution in [3.8, 4) is 5.75 Å². The molecule has 1 aromatic rings. The van der Waals surface area contributed by atoms with Crippen molar-refractivity contribution in [3.05, 3.63) is 41.6 Å². The fourth-order valence-corrected chi connectivity index (χ4v) is 2.71. The average molecular weight is 270 g/mol. The normalized spacial score (nSPS) is 20.9. The summed E-state index contributed by atoms with van der Waals surface area (Å²) in [6.45, 7) is 3.25. The van der Waals surface area contributed by atoms with Gasteiger partial charge in [0.2, 0.25) is 5.91 Å². The highest BCUT2D eigenvalue weighted by atomic mass is 16.5. The smallest absolute Gasteiger partial charge is 0.232 e. The summed E-state index contributed by atoms with van der Waals surface area (Å²) in [4.78, 5) is 18.4. The van der Waals surface area contributed by atoms with Gasteiger partial charge in [-0.3, -0.25) is 9.79 Å². The van der Waals surface area contributed by atoms with Crippen LogP contribution < -0.4 is 4.74 Å². The summed E-state index contributed by atoms with van der Waals surface area (Å²) < 4.78 is 5.54. The maximum absolute atomic E-state index is 12.4. The standard InChI is InChI=1S/C16H18N2O2/c1-3-20-13-5-4-11-9-14(15-6-7-17-15)16(19)18(2)10-12(11)8-13/h4-8,14H,3,9-10H2,1-2H3. The Hall–Kier alpha value is -2.10. The van der Waals surface area contributed by atoms with E-state index in [2.05, 4.69) is 11.1 Å². The Morgan fingerprint density at radius 1 is 1.40 bits per heavy atom. The predicted octanol–water partition coefficient (Wildman–Crippen LogP) is 2.18. The molecule has 0 saturated carbocycles. The summed E-state index contributed by atoms with van der Waals surface area (Å²) in [6, 6.07) is 6.10. The second kappa shape index (κ2) is 5.12. The summed E-state index contributed by atoms with van der Waals surface area (Å²) in [7, 11) is 1.85. The van der Waals surface area contributed by atoms with E-state index in [9.17, 15) is 4.79 Å². The van der Waals surface area contributed by atoms with Gasteiger partial charge in [0.15, 0.2) is 0 Å². The number of nitrogens with zero attached hydrogens (tertiary/aromatic N) is 2. The van der Waals surface area contributed by atoms with Crippen molar-refractivity contribution in [2.24, 2.45) is 10.9 Å². The van der Waals surface area contributed by atoms with Crippen molar-refractivity contribution in [1.82, 2.24) is 4.90 Å². The van der Waals surface area contributed by atoms with Crippen LogP contribution in [0.5, 0.6) is 5.75 Å². The lowest BCUT2D eigenvalue weighted by Crippen LogP contribution is -2.36. The van der Waals surface area contributed by atoms with Crippen LogP contribution in [0.1, 0.15) is 18.1 Å². The van der Waals surface area contributed by atoms with E-state index >= 15 is 0 Å². The van der Waals surface area contributed by atoms with E-state index in [1.54, 1.807) is 11.1 Å². The molecular weight excluding hydrogens is 252 g/mol. The molecule has 0 aromatic heterocycles. The molecule has 2 aliphatic rings. The van der Waals surface area contributed by atoms with Crippen LogP contribution in [0.4, 0.5) is 0 Å². The molecule has 20 heavy (non-hydrogen) atoms. The molecule has 104 valence electrons. The van der Waals surface area contributed by atoms with Crippen LogP contribution in [0.25, 0.3) is 0 Å². The van der Waals surface area contributed by atoms with E-state index in [0.29, 0.717) is 19.6 Å². The highest BCUT2D eigenvalue weighted by Crippen LogP contribution is 2.28. The van der Waals surface area contributed by atoms with Crippen molar-refractivity contribution in [1.29, 1.82) is 0 Å². The number of amides is 1. The van der Waals surface area contributed by atoms with Crippen LogP contribution in [-0.4, -0.2) is 30.2 Å². The molecule has 0 bridgehead atoms. The number of aliphatic imine (C=N–C) groups is 1. The molecule has 0 N–H and O–H groups in total. The van der Waals surface area contributed by atoms with Gasteiger partial charge in [-0.1, -0.05) is 6.07 Å². The molecule has 2 aliphatic heterocycles. The zero-order valence-electron chi connectivity index (χ0n) is 11.8. The van der Waals surface area contributed by atoms with E-state index in [1.165, 1.54) is 11.1 Å². The summed E-state index contributed by atoms with van der Waals surface area (Å²) in [6.07, 6.45) is 4.39. The molecule has 0 saturated heterocycles. The fraction of sp³-hybridized carbons (Fsp3) is 0.375. The Labute approximate surface area is 118 Å². The lowest BCUT2D eigenvalue weighted by atomic mass is 9.91. The predicted molar refractivity (Wildman–Crippen MR) is 77.9 cm³/mol. The van der Waals surface area contributed by atoms with Crippen LogP contribution >= 0.6 is 0 Å². The first kappa shape index (κ1) is 12.9. The van der Waals surface area contributed by atoms with E-state index in [4.69, 9.17) is 4.74 Å². The largest absolute Gasteiger partial charge is 0.494 e. The number of rotatable bonds is 3. The summed E-state index contributed by atoms with van der Waals surface area (Å²) in [5.41, 5.74) is 3.26. The molecule has 1 unspecified atom stereocenters. The van der Waals surface area contributed by atoms with E-state index < -0.39 is 0 Å². The highest BCUT2D eigenvalue weighted by Gasteiger charge is 2.31. The van der Waals surface area contributed by atoms with Gasteiger partial charge in [-0.2, -0.15) is 0 Å². The molecule has 0 spiro atoms. The summed E-state index contributed by atoms with van der Waals surface area (Å²) >= 11 is 0. The Balaban J connectivity index is 1.93. The SMILES string of the molecule is CCOc1ccc2c(c1)CN(C)C(=O)C(C1=NC=C1)C2. The third-order valence-corrected chi connectivity index (χ3v) is 3.82. The molecule has 1 amide bonds. The molecule has 4 heteroatoms. The van der Waals surface area contributed by atoms with Crippen LogP contribution in [0.2, 0.25) is 0 Å². The third-order valence-electron chi connectivity index (χ3n) is 3.82. The molecule has 0 fully saturated rings. The Morgan fingerprint density at radius 3 is 2.85 bits per heavy atom. The van der Waals surface area contributed by atoms with E-state index in [0.717, 1.165) is 11.5 Å². The molecule has 4 nitrogen and oxygen atoms in total. The van der Waals surface area contributed by atoms with Crippen molar-refractivity contribution in [3.63, 3.8) is 0 Å². The van der Waals surface area contributed by atoms with Gasteiger partial charge in [0, 0.05) is 19.8 Å². The van der Waals surface area contributed by atoms with Gasteiger partial charge in [-0.05, 0) is 42.7 Å². The zero-order chi connectivity index (χ0) is 14.1. The summed E-state index contributed by atoms with van der Waals surface area (Å²) in [5, 5.41) is 0. The maximum atomic E-state index is 12.4. The zero-order valence-corrected chi connectivity index (χ0v) is 11.8. The van der Waals surface area contributed by atoms with Gasteiger partial charge in [-0.25, -0.2) is 0 Å². The lowest BCUT2D eigenvalue weighted by Gasteiger charge is -2.21. The quantitative estimate of drug-likeness (QED) is 0.845. The minimum absolute atomic E-state index is 0.141. The molecular formula is C16H18N2O2. The first-order chi connectivity index (χ1) is 9.69. The number of fused-ring (bicyclic) bond motifs is 1. The van der Waals surface area contributed by atoms with Crippen LogP contribution in [-0.2, 0) is 17.8 Å². The molecule has 2 heterocycles. The first-order valence-electron chi connectivity index (χ1n) is 6.93. The number of ether oxygens (including phenoxy) is 1. The maximum Gasteiger partial charge on any atom is 0.232 e. The monoisotopic (exact) mass is 270 g/mol. The van der Waals surface area contributed by atoms with Crippen molar-refractivity contribution < 1.29 is 9.53 Å². The van der Waals surface area contributed by atoms with Gasteiger partial charge in [0.05, 0.1) is 18.2 Å². The number of hydrogen-bond acceptors (Lipinski definition) is 3. The fourth-order valence-electron chi connectivity index (χ4n) is 2.71. The van der Waals surface area contributed by atoms with Gasteiger partial charge in [0.25, 0.3) is 0 Å². The summed E-state index contributed by atoms with van der Waals surface area (Å²) in [5.74, 6) is 0.859. The number of benzene rings is 1. The minimum Gasteiger partial charge on any atom is -0.494 e. The van der Waals surface area contributed by atoms with Gasteiger partial charge < -0.3 is 9.64 Å². The number of carbonyl (C=O) groups excluding carboxylic acids is 1. The second-order valence-electron chi connectivity index (χ2n) is 5.18. The third kappa shape index (κ3) is 2.22. The molecule has 3 rings (SSSR count). The van der Waals surface area contributed by atoms with Gasteiger partial charge in [-0.15, -0.1) is 0 Å². The van der Waals surface area contributed by atoms with Crippen molar-refractivity contribution >= 4 is 11.6 Å². The average Bonchev–Trinajstić information content (AvgIpc) is 2.48. The lowest BCUT2D eigenvalue weighted by molar-refractivity contribution is -0.132. The number of carbonyl (C=O) groups is 1. The van der Waals surface area contributed by atoms with Crippen molar-refractivity contribution in [2.45, 2.75) is 19.9 Å². The molecule has 0 radical (unpaired) electrons. The Morgan fingerprint density at radius 2 is 2.20 bits per heavy atom. The van der Waals surface area contributed by atoms with Crippen LogP contribution in [0, 0.1) is 5.92 Å². The van der Waals surface area contributed by atoms with E-state index in [1.807, 2.05) is 32.2 Å². The first-order valence-corrected chi connectivity index (χ1v) is 6.93. The van der Waals surface area contributed by atoms with Gasteiger partial charge in [0.1, 0.15) is 5.75 Å². The van der Waals surface area contributed by atoms with Crippen LogP contribution in [0.3, 0.4) is 0 Å². The van der Waals surface area contributed by atoms with Gasteiger partial charge >= 0.3 is 0 Å². The topological polar surface area (TPSA) is 41.9 Å². The molecule has 1 aromatic carbocycles. The van der Waals surface area contributed by atoms with Crippen molar-refractivity contribution in [2.75, 3.05) is 13.7 Å².